The van der Waals surface area contributed by atoms with Crippen molar-refractivity contribution >= 4 is 28.9 Å². The molecule has 0 aliphatic rings. The van der Waals surface area contributed by atoms with Crippen LogP contribution in [0.4, 0.5) is 5.69 Å². The van der Waals surface area contributed by atoms with Crippen LogP contribution in [0.3, 0.4) is 0 Å². The van der Waals surface area contributed by atoms with Gasteiger partial charge in [0.25, 0.3) is 0 Å². The van der Waals surface area contributed by atoms with Crippen molar-refractivity contribution in [3.63, 3.8) is 0 Å². The topological polar surface area (TPSA) is 45.0 Å². The number of rotatable bonds is 4. The second-order valence-corrected chi connectivity index (χ2v) is 4.86. The first-order valence-corrected chi connectivity index (χ1v) is 6.66. The van der Waals surface area contributed by atoms with Gasteiger partial charge in [0.1, 0.15) is 11.8 Å². The van der Waals surface area contributed by atoms with E-state index in [9.17, 15) is 5.26 Å². The number of anilines is 1. The summed E-state index contributed by atoms with van der Waals surface area (Å²) in [5, 5.41) is 13.4. The van der Waals surface area contributed by atoms with Crippen LogP contribution < -0.4 is 10.1 Å². The Labute approximate surface area is 127 Å². The van der Waals surface area contributed by atoms with Gasteiger partial charge in [-0.2, -0.15) is 5.26 Å². The van der Waals surface area contributed by atoms with E-state index in [0.717, 1.165) is 0 Å². The molecule has 3 nitrogen and oxygen atoms in total. The minimum Gasteiger partial charge on any atom is -0.495 e. The number of nitriles is 1. The lowest BCUT2D eigenvalue weighted by Gasteiger charge is -2.17. The van der Waals surface area contributed by atoms with Crippen LogP contribution in [0.1, 0.15) is 11.6 Å². The van der Waals surface area contributed by atoms with E-state index >= 15 is 0 Å². The molecule has 0 spiro atoms. The highest BCUT2D eigenvalue weighted by Gasteiger charge is 2.18. The first-order chi connectivity index (χ1) is 9.67. The number of hydrogen-bond acceptors (Lipinski definition) is 3. The zero-order valence-electron chi connectivity index (χ0n) is 10.7. The Bertz CT molecular complexity index is 632. The van der Waals surface area contributed by atoms with Gasteiger partial charge in [0.15, 0.2) is 0 Å². The van der Waals surface area contributed by atoms with Crippen molar-refractivity contribution in [3.05, 3.63) is 58.1 Å². The lowest BCUT2D eigenvalue weighted by atomic mass is 10.1. The molecule has 0 fully saturated rings. The zero-order chi connectivity index (χ0) is 14.5. The van der Waals surface area contributed by atoms with E-state index in [1.165, 1.54) is 0 Å². The normalized spacial score (nSPS) is 11.5. The van der Waals surface area contributed by atoms with Gasteiger partial charge < -0.3 is 10.1 Å². The predicted octanol–water partition coefficient (Wildman–Crippen LogP) is 4.68. The maximum Gasteiger partial charge on any atom is 0.143 e. The molecule has 1 unspecified atom stereocenters. The smallest absolute Gasteiger partial charge is 0.143 e. The Kier molecular flexibility index (Phi) is 4.73. The van der Waals surface area contributed by atoms with Crippen LogP contribution in [0.15, 0.2) is 42.5 Å². The van der Waals surface area contributed by atoms with Crippen LogP contribution in [0.2, 0.25) is 10.0 Å². The van der Waals surface area contributed by atoms with Gasteiger partial charge in [-0.25, -0.2) is 0 Å². The first kappa shape index (κ1) is 14.5. The van der Waals surface area contributed by atoms with Crippen LogP contribution in [-0.4, -0.2) is 7.11 Å². The Morgan fingerprint density at radius 1 is 1.10 bits per heavy atom. The molecule has 1 N–H and O–H groups in total. The molecule has 20 heavy (non-hydrogen) atoms. The summed E-state index contributed by atoms with van der Waals surface area (Å²) in [6.45, 7) is 0. The molecule has 0 bridgehead atoms. The summed E-state index contributed by atoms with van der Waals surface area (Å²) >= 11 is 12.3. The molecule has 102 valence electrons. The third-order valence-corrected chi connectivity index (χ3v) is 3.48. The zero-order valence-corrected chi connectivity index (χ0v) is 12.2. The maximum absolute atomic E-state index is 9.38. The molecule has 0 saturated heterocycles. The third-order valence-electron chi connectivity index (χ3n) is 2.82. The summed E-state index contributed by atoms with van der Waals surface area (Å²) in [6.07, 6.45) is 0. The Balaban J connectivity index is 2.37. The average molecular weight is 307 g/mol. The highest BCUT2D eigenvalue weighted by molar-refractivity contribution is 6.36. The molecule has 5 heteroatoms. The van der Waals surface area contributed by atoms with Crippen molar-refractivity contribution < 1.29 is 4.74 Å². The van der Waals surface area contributed by atoms with Gasteiger partial charge in [-0.3, -0.25) is 0 Å². The van der Waals surface area contributed by atoms with Crippen molar-refractivity contribution in [1.82, 2.24) is 0 Å². The molecule has 0 aliphatic heterocycles. The molecule has 0 aliphatic carbocycles. The number of benzene rings is 2. The largest absolute Gasteiger partial charge is 0.495 e. The van der Waals surface area contributed by atoms with Crippen molar-refractivity contribution in [1.29, 1.82) is 5.26 Å². The van der Waals surface area contributed by atoms with Gasteiger partial charge in [-0.05, 0) is 24.3 Å². The first-order valence-electron chi connectivity index (χ1n) is 5.90. The number of hydrogen-bond donors (Lipinski definition) is 1. The molecular formula is C15H12Cl2N2O. The van der Waals surface area contributed by atoms with Crippen LogP contribution in [0.25, 0.3) is 0 Å². The minimum atomic E-state index is -0.660. The number of nitrogens with zero attached hydrogens (tertiary/aromatic N) is 1. The van der Waals surface area contributed by atoms with E-state index in [0.29, 0.717) is 27.0 Å². The second-order valence-electron chi connectivity index (χ2n) is 4.04. The fraction of sp³-hybridized carbons (Fsp3) is 0.133. The number of methoxy groups -OCH3 is 1. The van der Waals surface area contributed by atoms with Crippen molar-refractivity contribution in [3.8, 4) is 11.8 Å². The number of nitrogens with one attached hydrogen (secondary N) is 1. The van der Waals surface area contributed by atoms with E-state index in [1.54, 1.807) is 25.3 Å². The van der Waals surface area contributed by atoms with Crippen LogP contribution in [-0.2, 0) is 0 Å². The lowest BCUT2D eigenvalue weighted by molar-refractivity contribution is 0.416. The molecule has 0 amide bonds. The molecule has 1 atom stereocenters. The van der Waals surface area contributed by atoms with Crippen molar-refractivity contribution in [2.24, 2.45) is 0 Å². The SMILES string of the molecule is COc1ccccc1NC(C#N)c1c(Cl)cccc1Cl. The van der Waals surface area contributed by atoms with Crippen LogP contribution in [0, 0.1) is 11.3 Å². The van der Waals surface area contributed by atoms with Crippen molar-refractivity contribution in [2.75, 3.05) is 12.4 Å². The third kappa shape index (κ3) is 2.98. The summed E-state index contributed by atoms with van der Waals surface area (Å²) in [4.78, 5) is 0. The molecule has 2 aromatic carbocycles. The summed E-state index contributed by atoms with van der Waals surface area (Å²) in [5.74, 6) is 0.649. The van der Waals surface area contributed by atoms with Gasteiger partial charge in [-0.1, -0.05) is 41.4 Å². The highest BCUT2D eigenvalue weighted by Crippen LogP contribution is 2.34. The van der Waals surface area contributed by atoms with E-state index < -0.39 is 6.04 Å². The quantitative estimate of drug-likeness (QED) is 0.892. The molecule has 0 saturated carbocycles. The van der Waals surface area contributed by atoms with Crippen LogP contribution >= 0.6 is 23.2 Å². The average Bonchev–Trinajstić information content (AvgIpc) is 2.46. The molecule has 2 aromatic rings. The predicted molar refractivity (Wildman–Crippen MR) is 81.4 cm³/mol. The van der Waals surface area contributed by atoms with Gasteiger partial charge >= 0.3 is 0 Å². The second kappa shape index (κ2) is 6.51. The minimum absolute atomic E-state index is 0.450. The highest BCUT2D eigenvalue weighted by atomic mass is 35.5. The summed E-state index contributed by atoms with van der Waals surface area (Å²) in [7, 11) is 1.57. The Morgan fingerprint density at radius 2 is 1.75 bits per heavy atom. The van der Waals surface area contributed by atoms with Gasteiger partial charge in [0, 0.05) is 15.6 Å². The number of para-hydroxylation sites is 2. The molecular weight excluding hydrogens is 295 g/mol. The fourth-order valence-electron chi connectivity index (χ4n) is 1.87. The van der Waals surface area contributed by atoms with E-state index in [-0.39, 0.29) is 0 Å². The summed E-state index contributed by atoms with van der Waals surface area (Å²) in [6, 6.07) is 14.0. The Hall–Kier alpha value is -1.89. The van der Waals surface area contributed by atoms with E-state index in [1.807, 2.05) is 24.3 Å². The van der Waals surface area contributed by atoms with E-state index in [2.05, 4.69) is 11.4 Å². The molecule has 0 radical (unpaired) electrons. The van der Waals surface area contributed by atoms with Crippen LogP contribution in [0.5, 0.6) is 5.75 Å². The molecule has 2 rings (SSSR count). The lowest BCUT2D eigenvalue weighted by Crippen LogP contribution is -2.10. The summed E-state index contributed by atoms with van der Waals surface area (Å²) < 4.78 is 5.25. The monoisotopic (exact) mass is 306 g/mol. The standard InChI is InChI=1S/C15H12Cl2N2O/c1-20-14-8-3-2-7-12(14)19-13(9-18)15-10(16)5-4-6-11(15)17/h2-8,13,19H,1H3. The summed E-state index contributed by atoms with van der Waals surface area (Å²) in [5.41, 5.74) is 1.27. The van der Waals surface area contributed by atoms with Gasteiger partial charge in [-0.15, -0.1) is 0 Å². The number of halogens is 2. The number of ether oxygens (including phenoxy) is 1. The molecule has 0 aromatic heterocycles. The van der Waals surface area contributed by atoms with Crippen molar-refractivity contribution in [2.45, 2.75) is 6.04 Å². The van der Waals surface area contributed by atoms with E-state index in [4.69, 9.17) is 27.9 Å². The maximum atomic E-state index is 9.38. The molecule has 0 heterocycles. The Morgan fingerprint density at radius 3 is 2.35 bits per heavy atom. The van der Waals surface area contributed by atoms with Gasteiger partial charge in [0.05, 0.1) is 18.9 Å². The fourth-order valence-corrected chi connectivity index (χ4v) is 2.49. The van der Waals surface area contributed by atoms with Gasteiger partial charge in [0.2, 0.25) is 0 Å².